The van der Waals surface area contributed by atoms with Gasteiger partial charge in [0.15, 0.2) is 0 Å². The Morgan fingerprint density at radius 1 is 0.800 bits per heavy atom. The molecule has 1 N–H and O–H groups in total. The van der Waals surface area contributed by atoms with Gasteiger partial charge < -0.3 is 4.89 Å². The van der Waals surface area contributed by atoms with E-state index in [-0.39, 0.29) is 21.7 Å². The average Bonchev–Trinajstić information content (AvgIpc) is 2.55. The van der Waals surface area contributed by atoms with Gasteiger partial charge in [0.05, 0.1) is 0 Å². The molecule has 0 spiro atoms. The summed E-state index contributed by atoms with van der Waals surface area (Å²) in [5.41, 5.74) is 4.62. The first-order chi connectivity index (χ1) is 13.4. The molecule has 4 heteroatoms. The summed E-state index contributed by atoms with van der Waals surface area (Å²) in [4.78, 5) is 10.3. The minimum atomic E-state index is -1.84. The Morgan fingerprint density at radius 3 is 1.50 bits per heavy atom. The van der Waals surface area contributed by atoms with Gasteiger partial charge in [0, 0.05) is 11.0 Å². The lowest BCUT2D eigenvalue weighted by Gasteiger charge is -2.56. The molecule has 172 valence electrons. The third-order valence-corrected chi connectivity index (χ3v) is 7.57. The molecule has 0 aliphatic carbocycles. The monoisotopic (exact) mass is 436 g/mol. The van der Waals surface area contributed by atoms with Gasteiger partial charge in [-0.1, -0.05) is 102 Å². The lowest BCUT2D eigenvalue weighted by Crippen LogP contribution is -2.54. The van der Waals surface area contributed by atoms with E-state index in [2.05, 4.69) is 95.2 Å². The number of benzene rings is 1. The molecule has 1 aromatic rings. The summed E-state index contributed by atoms with van der Waals surface area (Å²) in [6, 6.07) is 4.72. The third kappa shape index (κ3) is 4.51. The van der Waals surface area contributed by atoms with E-state index < -0.39 is 14.4 Å². The van der Waals surface area contributed by atoms with Crippen molar-refractivity contribution in [2.75, 3.05) is 0 Å². The molecular weight excluding hydrogens is 391 g/mol. The van der Waals surface area contributed by atoms with Crippen LogP contribution >= 0.6 is 8.60 Å². The highest BCUT2D eigenvalue weighted by atomic mass is 31.2. The first-order valence-electron chi connectivity index (χ1n) is 11.5. The predicted octanol–water partition coefficient (Wildman–Crippen LogP) is 8.21. The van der Waals surface area contributed by atoms with Crippen LogP contribution in [0, 0.1) is 5.41 Å². The summed E-state index contributed by atoms with van der Waals surface area (Å²) in [5.74, 6) is -0.917. The number of hydrogen-bond acceptors (Lipinski definition) is 3. The fraction of sp³-hybridized carbons (Fsp3) is 0.769. The summed E-state index contributed by atoms with van der Waals surface area (Å²) in [6.07, 6.45) is 2.93. The van der Waals surface area contributed by atoms with E-state index in [1.165, 1.54) is 16.7 Å². The molecule has 3 nitrogen and oxygen atoms in total. The van der Waals surface area contributed by atoms with Crippen LogP contribution in [0.3, 0.4) is 0 Å². The molecular formula is C26H45O3P. The molecule has 30 heavy (non-hydrogen) atoms. The van der Waals surface area contributed by atoms with Gasteiger partial charge >= 0.3 is 8.60 Å². The highest BCUT2D eigenvalue weighted by Crippen LogP contribution is 2.69. The molecule has 0 saturated carbocycles. The SMILES string of the molecule is CCCC(C)(CC)C1(c2c(C(C)(C)C)cc(C(C)(C)C)cc2C(C)(C)C)OP(O)O1. The van der Waals surface area contributed by atoms with E-state index in [0.717, 1.165) is 24.8 Å². The zero-order valence-corrected chi connectivity index (χ0v) is 22.4. The van der Waals surface area contributed by atoms with Crippen LogP contribution in [0.25, 0.3) is 0 Å². The summed E-state index contributed by atoms with van der Waals surface area (Å²) in [5, 5.41) is 0. The van der Waals surface area contributed by atoms with Crippen molar-refractivity contribution < 1.29 is 13.9 Å². The van der Waals surface area contributed by atoms with Gasteiger partial charge in [0.25, 0.3) is 0 Å². The largest absolute Gasteiger partial charge is 0.335 e. The maximum atomic E-state index is 10.3. The van der Waals surface area contributed by atoms with Crippen LogP contribution in [0.15, 0.2) is 12.1 Å². The van der Waals surface area contributed by atoms with Crippen molar-refractivity contribution in [1.29, 1.82) is 0 Å². The third-order valence-electron chi connectivity index (χ3n) is 6.74. The van der Waals surface area contributed by atoms with Gasteiger partial charge in [-0.3, -0.25) is 9.05 Å². The van der Waals surface area contributed by atoms with Crippen molar-refractivity contribution in [1.82, 2.24) is 0 Å². The molecule has 1 aromatic carbocycles. The van der Waals surface area contributed by atoms with Crippen LogP contribution in [0.5, 0.6) is 0 Å². The normalized spacial score (nSPS) is 25.0. The fourth-order valence-electron chi connectivity index (χ4n) is 4.58. The molecule has 1 heterocycles. The molecule has 1 aliphatic rings. The molecule has 0 radical (unpaired) electrons. The van der Waals surface area contributed by atoms with Crippen LogP contribution in [0.4, 0.5) is 0 Å². The quantitative estimate of drug-likeness (QED) is 0.473. The van der Waals surface area contributed by atoms with Gasteiger partial charge in [0.1, 0.15) is 0 Å². The first-order valence-corrected chi connectivity index (χ1v) is 12.6. The maximum Gasteiger partial charge on any atom is 0.335 e. The van der Waals surface area contributed by atoms with Crippen LogP contribution in [-0.2, 0) is 31.1 Å². The van der Waals surface area contributed by atoms with Crippen molar-refractivity contribution in [3.63, 3.8) is 0 Å². The van der Waals surface area contributed by atoms with Crippen LogP contribution in [0.1, 0.15) is 125 Å². The van der Waals surface area contributed by atoms with Crippen molar-refractivity contribution in [3.05, 3.63) is 34.4 Å². The molecule has 1 saturated heterocycles. The standard InChI is InChI=1S/C26H45O3P/c1-13-15-25(12,14-2)26(28-30(27)29-26)21-19(23(6,7)8)16-18(22(3,4)5)17-20(21)24(9,10)11/h16-17,27H,13-15H2,1-12H3. The minimum absolute atomic E-state index is 0.0358. The Balaban J connectivity index is 3.01. The molecule has 1 fully saturated rings. The average molecular weight is 437 g/mol. The highest BCUT2D eigenvalue weighted by Gasteiger charge is 2.62. The second-order valence-electron chi connectivity index (χ2n) is 12.4. The maximum absolute atomic E-state index is 10.3. The van der Waals surface area contributed by atoms with Gasteiger partial charge in [-0.15, -0.1) is 0 Å². The molecule has 0 aromatic heterocycles. The van der Waals surface area contributed by atoms with Crippen molar-refractivity contribution in [2.24, 2.45) is 5.41 Å². The molecule has 2 rings (SSSR count). The van der Waals surface area contributed by atoms with Gasteiger partial charge in [0.2, 0.25) is 5.79 Å². The lowest BCUT2D eigenvalue weighted by atomic mass is 9.64. The van der Waals surface area contributed by atoms with E-state index >= 15 is 0 Å². The second kappa shape index (κ2) is 8.14. The van der Waals surface area contributed by atoms with Crippen molar-refractivity contribution in [2.45, 2.75) is 124 Å². The summed E-state index contributed by atoms with van der Waals surface area (Å²) >= 11 is 0. The minimum Gasteiger partial charge on any atom is -0.328 e. The van der Waals surface area contributed by atoms with E-state index in [1.807, 2.05) is 0 Å². The second-order valence-corrected chi connectivity index (χ2v) is 13.2. The van der Waals surface area contributed by atoms with E-state index in [9.17, 15) is 4.89 Å². The highest BCUT2D eigenvalue weighted by molar-refractivity contribution is 7.41. The van der Waals surface area contributed by atoms with Crippen LogP contribution in [0.2, 0.25) is 0 Å². The Morgan fingerprint density at radius 2 is 1.23 bits per heavy atom. The molecule has 1 unspecified atom stereocenters. The van der Waals surface area contributed by atoms with Crippen LogP contribution < -0.4 is 0 Å². The van der Waals surface area contributed by atoms with Crippen molar-refractivity contribution in [3.8, 4) is 0 Å². The Labute approximate surface area is 187 Å². The summed E-state index contributed by atoms with van der Waals surface area (Å²) < 4.78 is 12.6. The first kappa shape index (κ1) is 25.8. The number of rotatable bonds is 5. The zero-order chi connectivity index (χ0) is 23.3. The zero-order valence-electron chi connectivity index (χ0n) is 21.5. The Bertz CT molecular complexity index is 723. The van der Waals surface area contributed by atoms with Crippen LogP contribution in [-0.4, -0.2) is 4.89 Å². The van der Waals surface area contributed by atoms with E-state index in [4.69, 9.17) is 9.05 Å². The molecule has 0 amide bonds. The molecule has 1 aliphatic heterocycles. The Kier molecular flexibility index (Phi) is 7.00. The van der Waals surface area contributed by atoms with Gasteiger partial charge in [-0.05, 0) is 45.8 Å². The summed E-state index contributed by atoms with van der Waals surface area (Å²) in [6.45, 7) is 27.1. The lowest BCUT2D eigenvalue weighted by molar-refractivity contribution is -0.281. The predicted molar refractivity (Wildman–Crippen MR) is 129 cm³/mol. The van der Waals surface area contributed by atoms with E-state index in [0.29, 0.717) is 0 Å². The Hall–Kier alpha value is -0.470. The smallest absolute Gasteiger partial charge is 0.328 e. The number of hydrogen-bond donors (Lipinski definition) is 1. The molecule has 1 atom stereocenters. The van der Waals surface area contributed by atoms with Crippen molar-refractivity contribution >= 4 is 8.60 Å². The molecule has 0 bridgehead atoms. The fourth-order valence-corrected chi connectivity index (χ4v) is 5.66. The summed E-state index contributed by atoms with van der Waals surface area (Å²) in [7, 11) is -1.84. The van der Waals surface area contributed by atoms with Gasteiger partial charge in [-0.2, -0.15) is 0 Å². The topological polar surface area (TPSA) is 38.7 Å². The van der Waals surface area contributed by atoms with Gasteiger partial charge in [-0.25, -0.2) is 0 Å². The van der Waals surface area contributed by atoms with E-state index in [1.54, 1.807) is 0 Å².